The number of rotatable bonds is 9. The number of ether oxygens (including phenoxy) is 2. The molecule has 8 heteroatoms. The third-order valence-electron chi connectivity index (χ3n) is 4.49. The van der Waals surface area contributed by atoms with Crippen molar-refractivity contribution >= 4 is 11.9 Å². The summed E-state index contributed by atoms with van der Waals surface area (Å²) in [6, 6.07) is 9.86. The lowest BCUT2D eigenvalue weighted by Gasteiger charge is -2.29. The highest BCUT2D eigenvalue weighted by Gasteiger charge is 2.27. The summed E-state index contributed by atoms with van der Waals surface area (Å²) in [4.78, 5) is 26.8. The minimum atomic E-state index is -0.791. The van der Waals surface area contributed by atoms with E-state index in [4.69, 9.17) is 9.47 Å². The number of nitrogens with one attached hydrogen (secondary N) is 2. The lowest BCUT2D eigenvalue weighted by molar-refractivity contribution is -0.124. The molecule has 1 unspecified atom stereocenters. The Balaban J connectivity index is 1.87. The van der Waals surface area contributed by atoms with Gasteiger partial charge in [0.25, 0.3) is 0 Å². The fourth-order valence-corrected chi connectivity index (χ4v) is 2.96. The molecule has 0 aliphatic carbocycles. The average molecular weight is 402 g/mol. The van der Waals surface area contributed by atoms with Gasteiger partial charge in [0.2, 0.25) is 5.91 Å². The van der Waals surface area contributed by atoms with E-state index in [1.54, 1.807) is 4.90 Å². The predicted octanol–water partition coefficient (Wildman–Crippen LogP) is 1.67. The summed E-state index contributed by atoms with van der Waals surface area (Å²) in [6.45, 7) is 6.36. The van der Waals surface area contributed by atoms with Crippen LogP contribution in [0.3, 0.4) is 0 Å². The number of benzene rings is 1. The van der Waals surface area contributed by atoms with E-state index in [2.05, 4.69) is 10.6 Å². The van der Waals surface area contributed by atoms with Crippen LogP contribution in [-0.2, 0) is 20.9 Å². The first-order valence-corrected chi connectivity index (χ1v) is 9.94. The Morgan fingerprint density at radius 2 is 1.90 bits per heavy atom. The molecule has 0 spiro atoms. The van der Waals surface area contributed by atoms with E-state index < -0.39 is 12.1 Å². The Morgan fingerprint density at radius 3 is 2.52 bits per heavy atom. The summed E-state index contributed by atoms with van der Waals surface area (Å²) in [7, 11) is 0. The molecule has 1 aromatic rings. The normalized spacial score (nSPS) is 16.0. The molecule has 29 heavy (non-hydrogen) atoms. The highest BCUT2D eigenvalue weighted by atomic mass is 16.5. The molecule has 2 N–H and O–H groups in total. The average Bonchev–Trinajstić information content (AvgIpc) is 2.73. The molecule has 0 saturated carbocycles. The van der Waals surface area contributed by atoms with Gasteiger partial charge in [-0.1, -0.05) is 44.2 Å². The molecular formula is C21H30N4O4. The number of nitrogens with zero attached hydrogens (tertiary/aromatic N) is 2. The second-order valence-electron chi connectivity index (χ2n) is 7.42. The number of carbonyl (C=O) groups excluding carboxylic acids is 2. The van der Waals surface area contributed by atoms with Crippen LogP contribution in [0.15, 0.2) is 30.3 Å². The Bertz CT molecular complexity index is 684. The van der Waals surface area contributed by atoms with Gasteiger partial charge >= 0.3 is 6.03 Å². The molecule has 2 rings (SSSR count). The van der Waals surface area contributed by atoms with Crippen molar-refractivity contribution in [3.05, 3.63) is 35.9 Å². The number of nitriles is 1. The maximum Gasteiger partial charge on any atom is 0.318 e. The molecule has 1 saturated heterocycles. The van der Waals surface area contributed by atoms with Crippen molar-refractivity contribution in [3.8, 4) is 6.07 Å². The van der Waals surface area contributed by atoms with Crippen molar-refractivity contribution in [2.45, 2.75) is 39.0 Å². The van der Waals surface area contributed by atoms with Gasteiger partial charge in [0, 0.05) is 13.1 Å². The zero-order chi connectivity index (χ0) is 21.1. The van der Waals surface area contributed by atoms with Crippen molar-refractivity contribution in [3.63, 3.8) is 0 Å². The highest BCUT2D eigenvalue weighted by molar-refractivity contribution is 5.87. The SMILES string of the molecule is CC(C)C[C@H](NC(=O)N1CCOCC1)C(=O)NC(C#N)COCc1ccccc1. The molecule has 158 valence electrons. The van der Waals surface area contributed by atoms with E-state index >= 15 is 0 Å². The zero-order valence-corrected chi connectivity index (χ0v) is 17.1. The molecule has 0 aromatic heterocycles. The van der Waals surface area contributed by atoms with Crippen molar-refractivity contribution < 1.29 is 19.1 Å². The summed E-state index contributed by atoms with van der Waals surface area (Å²) in [5.41, 5.74) is 0.992. The molecule has 1 heterocycles. The number of morpholine rings is 1. The molecule has 1 aliphatic rings. The van der Waals surface area contributed by atoms with Gasteiger partial charge < -0.3 is 25.0 Å². The van der Waals surface area contributed by atoms with Gasteiger partial charge in [0.15, 0.2) is 0 Å². The highest BCUT2D eigenvalue weighted by Crippen LogP contribution is 2.08. The summed E-state index contributed by atoms with van der Waals surface area (Å²) >= 11 is 0. The summed E-state index contributed by atoms with van der Waals surface area (Å²) in [5, 5.41) is 14.8. The van der Waals surface area contributed by atoms with Crippen molar-refractivity contribution in [1.29, 1.82) is 5.26 Å². The third kappa shape index (κ3) is 8.10. The van der Waals surface area contributed by atoms with E-state index in [0.29, 0.717) is 39.3 Å². The summed E-state index contributed by atoms with van der Waals surface area (Å²) in [6.07, 6.45) is 0.477. The standard InChI is InChI=1S/C21H30N4O4/c1-16(2)12-19(24-21(27)25-8-10-28-11-9-25)20(26)23-18(13-22)15-29-14-17-6-4-3-5-7-17/h3-7,16,18-19H,8-12,14-15H2,1-2H3,(H,23,26)(H,24,27)/t18?,19-/m0/s1. The Labute approximate surface area is 172 Å². The quantitative estimate of drug-likeness (QED) is 0.654. The molecule has 0 bridgehead atoms. The van der Waals surface area contributed by atoms with Crippen LogP contribution in [0.25, 0.3) is 0 Å². The van der Waals surface area contributed by atoms with E-state index in [1.807, 2.05) is 50.2 Å². The summed E-state index contributed by atoms with van der Waals surface area (Å²) < 4.78 is 10.8. The molecule has 1 aromatic carbocycles. The Hall–Kier alpha value is -2.63. The second kappa shape index (κ2) is 12.0. The van der Waals surface area contributed by atoms with Crippen LogP contribution < -0.4 is 10.6 Å². The third-order valence-corrected chi connectivity index (χ3v) is 4.49. The fraction of sp³-hybridized carbons (Fsp3) is 0.571. The smallest absolute Gasteiger partial charge is 0.318 e. The fourth-order valence-electron chi connectivity index (χ4n) is 2.96. The Morgan fingerprint density at radius 1 is 1.21 bits per heavy atom. The minimum absolute atomic E-state index is 0.0724. The van der Waals surface area contributed by atoms with Crippen molar-refractivity contribution in [2.24, 2.45) is 5.92 Å². The maximum absolute atomic E-state index is 12.7. The topological polar surface area (TPSA) is 104 Å². The van der Waals surface area contributed by atoms with Gasteiger partial charge in [-0.2, -0.15) is 5.26 Å². The van der Waals surface area contributed by atoms with Crippen LogP contribution >= 0.6 is 0 Å². The number of hydrogen-bond acceptors (Lipinski definition) is 5. The number of carbonyl (C=O) groups is 2. The van der Waals surface area contributed by atoms with E-state index in [0.717, 1.165) is 5.56 Å². The second-order valence-corrected chi connectivity index (χ2v) is 7.42. The van der Waals surface area contributed by atoms with Gasteiger partial charge in [-0.05, 0) is 17.9 Å². The molecular weight excluding hydrogens is 372 g/mol. The van der Waals surface area contributed by atoms with Crippen molar-refractivity contribution in [2.75, 3.05) is 32.9 Å². The number of hydrogen-bond donors (Lipinski definition) is 2. The van der Waals surface area contributed by atoms with Crippen LogP contribution in [0, 0.1) is 17.2 Å². The van der Waals surface area contributed by atoms with Gasteiger partial charge in [-0.15, -0.1) is 0 Å². The van der Waals surface area contributed by atoms with Crippen LogP contribution in [-0.4, -0.2) is 61.8 Å². The van der Waals surface area contributed by atoms with E-state index in [1.165, 1.54) is 0 Å². The van der Waals surface area contributed by atoms with E-state index in [-0.39, 0.29) is 24.5 Å². The molecule has 0 radical (unpaired) electrons. The molecule has 1 fully saturated rings. The number of urea groups is 1. The number of amides is 3. The van der Waals surface area contributed by atoms with Crippen LogP contribution in [0.2, 0.25) is 0 Å². The van der Waals surface area contributed by atoms with Gasteiger partial charge in [0.1, 0.15) is 12.1 Å². The predicted molar refractivity (Wildman–Crippen MR) is 108 cm³/mol. The summed E-state index contributed by atoms with van der Waals surface area (Å²) in [5.74, 6) is -0.180. The first-order valence-electron chi connectivity index (χ1n) is 9.94. The largest absolute Gasteiger partial charge is 0.378 e. The first-order chi connectivity index (χ1) is 14.0. The van der Waals surface area contributed by atoms with Gasteiger partial charge in [-0.3, -0.25) is 4.79 Å². The molecule has 1 aliphatic heterocycles. The maximum atomic E-state index is 12.7. The lowest BCUT2D eigenvalue weighted by atomic mass is 10.0. The molecule has 8 nitrogen and oxygen atoms in total. The minimum Gasteiger partial charge on any atom is -0.378 e. The van der Waals surface area contributed by atoms with Crippen LogP contribution in [0.5, 0.6) is 0 Å². The van der Waals surface area contributed by atoms with Crippen LogP contribution in [0.1, 0.15) is 25.8 Å². The van der Waals surface area contributed by atoms with Gasteiger partial charge in [0.05, 0.1) is 32.5 Å². The lowest BCUT2D eigenvalue weighted by Crippen LogP contribution is -2.55. The monoisotopic (exact) mass is 402 g/mol. The van der Waals surface area contributed by atoms with Crippen molar-refractivity contribution in [1.82, 2.24) is 15.5 Å². The van der Waals surface area contributed by atoms with E-state index in [9.17, 15) is 14.9 Å². The first kappa shape index (κ1) is 22.7. The molecule has 2 atom stereocenters. The molecule has 3 amide bonds. The van der Waals surface area contributed by atoms with Gasteiger partial charge in [-0.25, -0.2) is 4.79 Å². The Kier molecular flexibility index (Phi) is 9.41. The zero-order valence-electron chi connectivity index (χ0n) is 17.1. The van der Waals surface area contributed by atoms with Crippen LogP contribution in [0.4, 0.5) is 4.79 Å².